The summed E-state index contributed by atoms with van der Waals surface area (Å²) in [7, 11) is 3.13. The van der Waals surface area contributed by atoms with Gasteiger partial charge >= 0.3 is 0 Å². The summed E-state index contributed by atoms with van der Waals surface area (Å²) in [5.74, 6) is -0.537. The van der Waals surface area contributed by atoms with Crippen molar-refractivity contribution < 1.29 is 28.9 Å². The molecule has 1 amide bonds. The van der Waals surface area contributed by atoms with Gasteiger partial charge in [-0.2, -0.15) is 0 Å². The van der Waals surface area contributed by atoms with E-state index in [0.717, 1.165) is 10.8 Å². The zero-order valence-electron chi connectivity index (χ0n) is 21.0. The Balaban J connectivity index is 1.89. The fourth-order valence-corrected chi connectivity index (χ4v) is 4.62. The summed E-state index contributed by atoms with van der Waals surface area (Å²) >= 11 is 0. The largest absolute Gasteiger partial charge is 0.507 e. The molecule has 7 nitrogen and oxygen atoms in total. The van der Waals surface area contributed by atoms with Crippen molar-refractivity contribution in [1.29, 1.82) is 0 Å². The molecule has 3 aromatic rings. The number of nitrogens with zero attached hydrogens (tertiary/aromatic N) is 1. The van der Waals surface area contributed by atoms with Crippen LogP contribution in [0.3, 0.4) is 0 Å². The van der Waals surface area contributed by atoms with Gasteiger partial charge in [0.15, 0.2) is 11.5 Å². The Hall–Kier alpha value is -3.84. The van der Waals surface area contributed by atoms with Crippen molar-refractivity contribution in [3.63, 3.8) is 0 Å². The second kappa shape index (κ2) is 10.8. The SMILES string of the molecule is COCCCN1C(=O)C(=O)/C(=C(/O)c2cccc3ccccc23)C1c1ccc(OC(C)C)c(OC)c1. The number of ketones is 1. The summed E-state index contributed by atoms with van der Waals surface area (Å²) in [4.78, 5) is 28.0. The average Bonchev–Trinajstić information content (AvgIpc) is 3.13. The van der Waals surface area contributed by atoms with Gasteiger partial charge in [-0.15, -0.1) is 0 Å². The number of hydrogen-bond acceptors (Lipinski definition) is 6. The van der Waals surface area contributed by atoms with E-state index in [2.05, 4.69) is 0 Å². The number of amides is 1. The molecule has 1 N–H and O–H groups in total. The third-order valence-corrected chi connectivity index (χ3v) is 6.20. The van der Waals surface area contributed by atoms with Crippen molar-refractivity contribution in [3.8, 4) is 11.5 Å². The van der Waals surface area contributed by atoms with Crippen molar-refractivity contribution in [3.05, 3.63) is 77.4 Å². The van der Waals surface area contributed by atoms with E-state index < -0.39 is 17.7 Å². The molecular weight excluding hydrogens is 458 g/mol. The lowest BCUT2D eigenvalue weighted by molar-refractivity contribution is -0.140. The summed E-state index contributed by atoms with van der Waals surface area (Å²) in [6.45, 7) is 4.57. The van der Waals surface area contributed by atoms with Crippen LogP contribution in [-0.4, -0.2) is 55.2 Å². The first kappa shape index (κ1) is 25.3. The molecule has 0 aromatic heterocycles. The van der Waals surface area contributed by atoms with Gasteiger partial charge in [0.1, 0.15) is 5.76 Å². The van der Waals surface area contributed by atoms with E-state index in [0.29, 0.717) is 42.2 Å². The van der Waals surface area contributed by atoms with Gasteiger partial charge in [0.05, 0.1) is 24.8 Å². The molecule has 4 rings (SSSR count). The summed E-state index contributed by atoms with van der Waals surface area (Å²) in [5, 5.41) is 13.2. The maximum Gasteiger partial charge on any atom is 0.295 e. The molecule has 1 aliphatic rings. The number of Topliss-reactive ketones (excluding diaryl/α,β-unsaturated/α-hetero) is 1. The van der Waals surface area contributed by atoms with Crippen LogP contribution in [0.5, 0.6) is 11.5 Å². The van der Waals surface area contributed by atoms with Crippen LogP contribution in [-0.2, 0) is 14.3 Å². The fourth-order valence-electron chi connectivity index (χ4n) is 4.62. The van der Waals surface area contributed by atoms with Gasteiger partial charge in [-0.3, -0.25) is 9.59 Å². The van der Waals surface area contributed by atoms with E-state index in [1.165, 1.54) is 12.0 Å². The van der Waals surface area contributed by atoms with Gasteiger partial charge in [0, 0.05) is 25.8 Å². The second-order valence-corrected chi connectivity index (χ2v) is 8.94. The molecule has 3 aromatic carbocycles. The zero-order valence-corrected chi connectivity index (χ0v) is 21.0. The van der Waals surface area contributed by atoms with Crippen LogP contribution >= 0.6 is 0 Å². The minimum atomic E-state index is -0.789. The molecule has 1 atom stereocenters. The third-order valence-electron chi connectivity index (χ3n) is 6.20. The number of hydrogen-bond donors (Lipinski definition) is 1. The van der Waals surface area contributed by atoms with Gasteiger partial charge in [0.25, 0.3) is 11.7 Å². The number of carbonyl (C=O) groups is 2. The van der Waals surface area contributed by atoms with E-state index >= 15 is 0 Å². The van der Waals surface area contributed by atoms with Crippen LogP contribution in [0.2, 0.25) is 0 Å². The van der Waals surface area contributed by atoms with Crippen molar-refractivity contribution in [2.75, 3.05) is 27.4 Å². The first-order valence-corrected chi connectivity index (χ1v) is 12.0. The highest BCUT2D eigenvalue weighted by Crippen LogP contribution is 2.43. The van der Waals surface area contributed by atoms with E-state index in [4.69, 9.17) is 14.2 Å². The number of aliphatic hydroxyl groups is 1. The van der Waals surface area contributed by atoms with E-state index in [9.17, 15) is 14.7 Å². The molecule has 1 saturated heterocycles. The predicted molar refractivity (Wildman–Crippen MR) is 138 cm³/mol. The predicted octanol–water partition coefficient (Wildman–Crippen LogP) is 5.09. The molecule has 0 bridgehead atoms. The Bertz CT molecular complexity index is 1310. The molecular formula is C29H31NO6. The first-order chi connectivity index (χ1) is 17.4. The summed E-state index contributed by atoms with van der Waals surface area (Å²) in [6.07, 6.45) is 0.482. The number of rotatable bonds is 9. The quantitative estimate of drug-likeness (QED) is 0.195. The van der Waals surface area contributed by atoms with Crippen LogP contribution in [0.4, 0.5) is 0 Å². The molecule has 188 valence electrons. The zero-order chi connectivity index (χ0) is 25.8. The molecule has 1 heterocycles. The number of aliphatic hydroxyl groups excluding tert-OH is 1. The smallest absolute Gasteiger partial charge is 0.295 e. The van der Waals surface area contributed by atoms with Crippen LogP contribution in [0.1, 0.15) is 37.4 Å². The van der Waals surface area contributed by atoms with Crippen LogP contribution in [0.25, 0.3) is 16.5 Å². The molecule has 0 spiro atoms. The van der Waals surface area contributed by atoms with E-state index in [1.54, 1.807) is 31.4 Å². The van der Waals surface area contributed by atoms with E-state index in [-0.39, 0.29) is 17.4 Å². The Labute approximate surface area is 210 Å². The molecule has 7 heteroatoms. The Morgan fingerprint density at radius 2 is 1.75 bits per heavy atom. The van der Waals surface area contributed by atoms with Gasteiger partial charge in [0.2, 0.25) is 0 Å². The molecule has 0 aliphatic carbocycles. The molecule has 1 fully saturated rings. The van der Waals surface area contributed by atoms with E-state index in [1.807, 2.05) is 50.2 Å². The van der Waals surface area contributed by atoms with Crippen molar-refractivity contribution in [1.82, 2.24) is 4.90 Å². The normalized spacial score (nSPS) is 17.2. The molecule has 36 heavy (non-hydrogen) atoms. The first-order valence-electron chi connectivity index (χ1n) is 12.0. The monoisotopic (exact) mass is 489 g/mol. The standard InChI is InChI=1S/C29H31NO6/c1-18(2)36-23-14-13-20(17-24(23)35-4)26-25(28(32)29(33)30(26)15-8-16-34-3)27(31)22-12-7-10-19-9-5-6-11-21(19)22/h5-7,9-14,17-18,26,31H,8,15-16H2,1-4H3/b27-25+. The number of benzene rings is 3. The van der Waals surface area contributed by atoms with Gasteiger partial charge in [-0.05, 0) is 48.7 Å². The topological polar surface area (TPSA) is 85.3 Å². The van der Waals surface area contributed by atoms with Crippen LogP contribution in [0, 0.1) is 0 Å². The highest BCUT2D eigenvalue weighted by molar-refractivity contribution is 6.46. The van der Waals surface area contributed by atoms with Crippen LogP contribution < -0.4 is 9.47 Å². The number of fused-ring (bicyclic) bond motifs is 1. The van der Waals surface area contributed by atoms with Crippen molar-refractivity contribution in [2.24, 2.45) is 0 Å². The van der Waals surface area contributed by atoms with Gasteiger partial charge in [-0.1, -0.05) is 48.5 Å². The lowest BCUT2D eigenvalue weighted by atomic mass is 9.93. The summed E-state index contributed by atoms with van der Waals surface area (Å²) in [6, 6.07) is 17.7. The number of likely N-dealkylation sites (tertiary alicyclic amines) is 1. The van der Waals surface area contributed by atoms with Crippen molar-refractivity contribution in [2.45, 2.75) is 32.4 Å². The summed E-state index contributed by atoms with van der Waals surface area (Å²) < 4.78 is 16.6. The Morgan fingerprint density at radius 1 is 1.00 bits per heavy atom. The van der Waals surface area contributed by atoms with Crippen molar-refractivity contribution >= 4 is 28.2 Å². The Kier molecular flexibility index (Phi) is 7.60. The highest BCUT2D eigenvalue weighted by atomic mass is 16.5. The fraction of sp³-hybridized carbons (Fsp3) is 0.310. The second-order valence-electron chi connectivity index (χ2n) is 8.94. The number of methoxy groups -OCH3 is 2. The van der Waals surface area contributed by atoms with Gasteiger partial charge in [-0.25, -0.2) is 0 Å². The lowest BCUT2D eigenvalue weighted by Gasteiger charge is -2.26. The van der Waals surface area contributed by atoms with Gasteiger partial charge < -0.3 is 24.2 Å². The number of ether oxygens (including phenoxy) is 3. The maximum absolute atomic E-state index is 13.4. The van der Waals surface area contributed by atoms with Crippen LogP contribution in [0.15, 0.2) is 66.2 Å². The number of carbonyl (C=O) groups excluding carboxylic acids is 2. The lowest BCUT2D eigenvalue weighted by Crippen LogP contribution is -2.31. The minimum absolute atomic E-state index is 0.0494. The molecule has 0 saturated carbocycles. The third kappa shape index (κ3) is 4.79. The highest BCUT2D eigenvalue weighted by Gasteiger charge is 2.46. The molecule has 0 radical (unpaired) electrons. The molecule has 1 unspecified atom stereocenters. The average molecular weight is 490 g/mol. The maximum atomic E-state index is 13.4. The molecule has 1 aliphatic heterocycles. The Morgan fingerprint density at radius 3 is 2.47 bits per heavy atom. The summed E-state index contributed by atoms with van der Waals surface area (Å²) in [5.41, 5.74) is 1.19. The minimum Gasteiger partial charge on any atom is -0.507 e.